The lowest BCUT2D eigenvalue weighted by molar-refractivity contribution is 0.476. The number of benzene rings is 2. The molecule has 0 bridgehead atoms. The van der Waals surface area contributed by atoms with E-state index in [1.165, 1.54) is 6.07 Å². The van der Waals surface area contributed by atoms with E-state index in [0.717, 1.165) is 22.5 Å². The summed E-state index contributed by atoms with van der Waals surface area (Å²) in [6.45, 7) is 3.68. The summed E-state index contributed by atoms with van der Waals surface area (Å²) in [5.74, 6) is 0.111. The molecule has 2 N–H and O–H groups in total. The fourth-order valence-electron chi connectivity index (χ4n) is 3.78. The average Bonchev–Trinajstić information content (AvgIpc) is 3.10. The Balaban J connectivity index is 1.69. The van der Waals surface area contributed by atoms with E-state index in [9.17, 15) is 9.90 Å². The fourth-order valence-corrected chi connectivity index (χ4v) is 3.78. The molecule has 4 rings (SSSR count). The molecule has 1 atom stereocenters. The average molecular weight is 377 g/mol. The van der Waals surface area contributed by atoms with Gasteiger partial charge in [-0.3, -0.25) is 0 Å². The molecule has 2 heterocycles. The van der Waals surface area contributed by atoms with Gasteiger partial charge in [0.25, 0.3) is 0 Å². The fraction of sp³-hybridized carbons (Fsp3) is 0.273. The SMILES string of the molecule is Cc1cc2oc(=O)cc(C)c2c(O)c1C1=NNC(c2ccc(N(C)C)cc2)C1. The molecule has 3 aromatic rings. The minimum atomic E-state index is -0.419. The van der Waals surface area contributed by atoms with Crippen molar-refractivity contribution in [2.75, 3.05) is 19.0 Å². The van der Waals surface area contributed by atoms with Gasteiger partial charge in [0, 0.05) is 37.8 Å². The second-order valence-corrected chi connectivity index (χ2v) is 7.47. The third-order valence-corrected chi connectivity index (χ3v) is 5.25. The summed E-state index contributed by atoms with van der Waals surface area (Å²) in [4.78, 5) is 13.7. The first-order chi connectivity index (χ1) is 13.3. The Morgan fingerprint density at radius 3 is 2.54 bits per heavy atom. The number of hydrazone groups is 1. The van der Waals surface area contributed by atoms with Crippen LogP contribution >= 0.6 is 0 Å². The van der Waals surface area contributed by atoms with E-state index < -0.39 is 5.63 Å². The van der Waals surface area contributed by atoms with Crippen molar-refractivity contribution in [3.05, 3.63) is 69.1 Å². The van der Waals surface area contributed by atoms with Crippen molar-refractivity contribution >= 4 is 22.4 Å². The Hall–Kier alpha value is -3.28. The highest BCUT2D eigenvalue weighted by atomic mass is 16.4. The van der Waals surface area contributed by atoms with Gasteiger partial charge in [0.1, 0.15) is 11.3 Å². The number of hydrogen-bond acceptors (Lipinski definition) is 6. The Labute approximate surface area is 163 Å². The van der Waals surface area contributed by atoms with Gasteiger partial charge in [0.15, 0.2) is 0 Å². The van der Waals surface area contributed by atoms with Crippen LogP contribution in [0.15, 0.2) is 50.7 Å². The van der Waals surface area contributed by atoms with Crippen LogP contribution in [0.5, 0.6) is 5.75 Å². The minimum Gasteiger partial charge on any atom is -0.506 e. The van der Waals surface area contributed by atoms with Gasteiger partial charge in [-0.15, -0.1) is 0 Å². The molecule has 0 aliphatic carbocycles. The predicted molar refractivity (Wildman–Crippen MR) is 111 cm³/mol. The molecule has 1 unspecified atom stereocenters. The number of phenols is 1. The van der Waals surface area contributed by atoms with Crippen LogP contribution in [-0.4, -0.2) is 24.9 Å². The number of phenolic OH excluding ortho intramolecular Hbond substituents is 1. The van der Waals surface area contributed by atoms with Gasteiger partial charge in [0.2, 0.25) is 0 Å². The summed E-state index contributed by atoms with van der Waals surface area (Å²) in [6, 6.07) is 11.6. The highest BCUT2D eigenvalue weighted by molar-refractivity contribution is 6.09. The molecule has 2 aromatic carbocycles. The van der Waals surface area contributed by atoms with E-state index in [1.807, 2.05) is 21.0 Å². The molecule has 0 saturated heterocycles. The van der Waals surface area contributed by atoms with Crippen molar-refractivity contribution in [1.82, 2.24) is 5.43 Å². The lowest BCUT2D eigenvalue weighted by Gasteiger charge is -2.15. The zero-order valence-electron chi connectivity index (χ0n) is 16.4. The topological polar surface area (TPSA) is 78.1 Å². The molecule has 0 radical (unpaired) electrons. The van der Waals surface area contributed by atoms with Crippen LogP contribution in [0.4, 0.5) is 5.69 Å². The Morgan fingerprint density at radius 1 is 1.14 bits per heavy atom. The molecule has 1 aliphatic heterocycles. The zero-order valence-corrected chi connectivity index (χ0v) is 16.4. The molecule has 0 amide bonds. The van der Waals surface area contributed by atoms with Crippen molar-refractivity contribution < 1.29 is 9.52 Å². The van der Waals surface area contributed by atoms with E-state index in [0.29, 0.717) is 28.5 Å². The molecule has 6 nitrogen and oxygen atoms in total. The third kappa shape index (κ3) is 3.01. The van der Waals surface area contributed by atoms with Gasteiger partial charge in [-0.2, -0.15) is 5.10 Å². The van der Waals surface area contributed by atoms with E-state index in [-0.39, 0.29) is 11.8 Å². The molecule has 144 valence electrons. The van der Waals surface area contributed by atoms with Crippen LogP contribution in [-0.2, 0) is 0 Å². The van der Waals surface area contributed by atoms with Crippen molar-refractivity contribution in [3.63, 3.8) is 0 Å². The number of fused-ring (bicyclic) bond motifs is 1. The Morgan fingerprint density at radius 2 is 1.86 bits per heavy atom. The maximum atomic E-state index is 11.6. The molecule has 1 aromatic heterocycles. The standard InChI is InChI=1S/C22H23N3O3/c1-12-9-18-21(13(2)10-19(26)28-18)22(27)20(12)17-11-16(23-24-17)14-5-7-15(8-6-14)25(3)4/h5-10,16,23,27H,11H2,1-4H3. The summed E-state index contributed by atoms with van der Waals surface area (Å²) in [6.07, 6.45) is 0.664. The second kappa shape index (κ2) is 6.71. The molecule has 6 heteroatoms. The molecule has 1 aliphatic rings. The number of hydrogen-bond donors (Lipinski definition) is 2. The van der Waals surface area contributed by atoms with Crippen molar-refractivity contribution in [2.24, 2.45) is 5.10 Å². The third-order valence-electron chi connectivity index (χ3n) is 5.25. The van der Waals surface area contributed by atoms with Crippen LogP contribution in [0.2, 0.25) is 0 Å². The summed E-state index contributed by atoms with van der Waals surface area (Å²) < 4.78 is 5.27. The van der Waals surface area contributed by atoms with Crippen LogP contribution in [0, 0.1) is 13.8 Å². The molecule has 0 saturated carbocycles. The summed E-state index contributed by atoms with van der Waals surface area (Å²) in [5, 5.41) is 16.0. The zero-order chi connectivity index (χ0) is 20.0. The second-order valence-electron chi connectivity index (χ2n) is 7.47. The van der Waals surface area contributed by atoms with Gasteiger partial charge in [-0.25, -0.2) is 4.79 Å². The van der Waals surface area contributed by atoms with Crippen molar-refractivity contribution in [2.45, 2.75) is 26.3 Å². The van der Waals surface area contributed by atoms with Gasteiger partial charge in [-0.1, -0.05) is 12.1 Å². The molecular formula is C22H23N3O3. The smallest absolute Gasteiger partial charge is 0.336 e. The van der Waals surface area contributed by atoms with Crippen molar-refractivity contribution in [1.29, 1.82) is 0 Å². The Kier molecular flexibility index (Phi) is 4.34. The first-order valence-corrected chi connectivity index (χ1v) is 9.22. The van der Waals surface area contributed by atoms with Gasteiger partial charge >= 0.3 is 5.63 Å². The van der Waals surface area contributed by atoms with Gasteiger partial charge in [0.05, 0.1) is 17.1 Å². The van der Waals surface area contributed by atoms with E-state index in [1.54, 1.807) is 13.0 Å². The van der Waals surface area contributed by atoms with Crippen LogP contribution in [0.1, 0.15) is 34.7 Å². The molecule has 28 heavy (non-hydrogen) atoms. The first kappa shape index (κ1) is 18.1. The summed E-state index contributed by atoms with van der Waals surface area (Å²) in [7, 11) is 4.03. The lowest BCUT2D eigenvalue weighted by Crippen LogP contribution is -2.12. The lowest BCUT2D eigenvalue weighted by atomic mass is 9.93. The normalized spacial score (nSPS) is 16.1. The number of nitrogens with one attached hydrogen (secondary N) is 1. The number of aryl methyl sites for hydroxylation is 2. The largest absolute Gasteiger partial charge is 0.506 e. The van der Waals surface area contributed by atoms with Crippen LogP contribution in [0.25, 0.3) is 11.0 Å². The number of aromatic hydroxyl groups is 1. The molecule has 0 fully saturated rings. The summed E-state index contributed by atoms with van der Waals surface area (Å²) >= 11 is 0. The van der Waals surface area contributed by atoms with Gasteiger partial charge < -0.3 is 19.8 Å². The van der Waals surface area contributed by atoms with Crippen molar-refractivity contribution in [3.8, 4) is 5.75 Å². The number of rotatable bonds is 3. The number of nitrogens with zero attached hydrogens (tertiary/aromatic N) is 2. The Bertz CT molecular complexity index is 1140. The van der Waals surface area contributed by atoms with Crippen LogP contribution < -0.4 is 16.0 Å². The number of anilines is 1. The molecular weight excluding hydrogens is 354 g/mol. The maximum Gasteiger partial charge on any atom is 0.336 e. The van der Waals surface area contributed by atoms with Gasteiger partial charge in [-0.05, 0) is 48.7 Å². The van der Waals surface area contributed by atoms with E-state index in [4.69, 9.17) is 4.42 Å². The van der Waals surface area contributed by atoms with E-state index >= 15 is 0 Å². The highest BCUT2D eigenvalue weighted by Gasteiger charge is 2.26. The summed E-state index contributed by atoms with van der Waals surface area (Å²) in [5.41, 5.74) is 8.45. The van der Waals surface area contributed by atoms with E-state index in [2.05, 4.69) is 39.7 Å². The quantitative estimate of drug-likeness (QED) is 0.682. The monoisotopic (exact) mass is 377 g/mol. The predicted octanol–water partition coefficient (Wildman–Crippen LogP) is 3.62. The van der Waals surface area contributed by atoms with Crippen LogP contribution in [0.3, 0.4) is 0 Å². The maximum absolute atomic E-state index is 11.6. The first-order valence-electron chi connectivity index (χ1n) is 9.22. The minimum absolute atomic E-state index is 0.0514. The highest BCUT2D eigenvalue weighted by Crippen LogP contribution is 2.36. The molecule has 0 spiro atoms.